The summed E-state index contributed by atoms with van der Waals surface area (Å²) in [4.78, 5) is 17.6. The second-order valence-electron chi connectivity index (χ2n) is 4.12. The van der Waals surface area contributed by atoms with Gasteiger partial charge in [0.1, 0.15) is 0 Å². The normalized spacial score (nSPS) is 12.6. The standard InChI is InChI=1S/C12H15N3OS/c1-15(2)12(16)8(13)7-11-14-9-5-3-4-6-10(9)17-11/h3-6,8H,7,13H2,1-2H3. The van der Waals surface area contributed by atoms with Crippen molar-refractivity contribution in [3.05, 3.63) is 29.3 Å². The predicted octanol–water partition coefficient (Wildman–Crippen LogP) is 1.25. The van der Waals surface area contributed by atoms with E-state index in [0.717, 1.165) is 15.2 Å². The molecule has 0 saturated heterocycles. The number of aromatic nitrogens is 1. The van der Waals surface area contributed by atoms with Gasteiger partial charge in [-0.1, -0.05) is 12.1 Å². The van der Waals surface area contributed by atoms with Crippen molar-refractivity contribution < 1.29 is 4.79 Å². The molecule has 1 aromatic heterocycles. The lowest BCUT2D eigenvalue weighted by molar-refractivity contribution is -0.130. The lowest BCUT2D eigenvalue weighted by Crippen LogP contribution is -2.41. The van der Waals surface area contributed by atoms with Crippen LogP contribution in [0.4, 0.5) is 0 Å². The number of hydrogen-bond donors (Lipinski definition) is 1. The SMILES string of the molecule is CN(C)C(=O)C(N)Cc1nc2ccccc2s1. The highest BCUT2D eigenvalue weighted by Gasteiger charge is 2.17. The molecule has 1 atom stereocenters. The maximum atomic E-state index is 11.6. The minimum absolute atomic E-state index is 0.0655. The van der Waals surface area contributed by atoms with Gasteiger partial charge in [-0.25, -0.2) is 4.98 Å². The Morgan fingerprint density at radius 3 is 2.82 bits per heavy atom. The molecular weight excluding hydrogens is 234 g/mol. The van der Waals surface area contributed by atoms with E-state index in [1.807, 2.05) is 24.3 Å². The molecule has 0 aliphatic carbocycles. The zero-order valence-electron chi connectivity index (χ0n) is 9.88. The van der Waals surface area contributed by atoms with E-state index in [9.17, 15) is 4.79 Å². The van der Waals surface area contributed by atoms with Crippen LogP contribution >= 0.6 is 11.3 Å². The second-order valence-corrected chi connectivity index (χ2v) is 5.23. The van der Waals surface area contributed by atoms with E-state index in [-0.39, 0.29) is 5.91 Å². The number of benzene rings is 1. The zero-order chi connectivity index (χ0) is 12.4. The number of carbonyl (C=O) groups excluding carboxylic acids is 1. The van der Waals surface area contributed by atoms with Gasteiger partial charge in [-0.2, -0.15) is 0 Å². The van der Waals surface area contributed by atoms with Crippen molar-refractivity contribution in [3.8, 4) is 0 Å². The van der Waals surface area contributed by atoms with Crippen molar-refractivity contribution in [2.75, 3.05) is 14.1 Å². The highest BCUT2D eigenvalue weighted by molar-refractivity contribution is 7.18. The minimum atomic E-state index is -0.509. The quantitative estimate of drug-likeness (QED) is 0.890. The molecule has 2 aromatic rings. The lowest BCUT2D eigenvalue weighted by atomic mass is 10.2. The highest BCUT2D eigenvalue weighted by Crippen LogP contribution is 2.22. The van der Waals surface area contributed by atoms with Crippen LogP contribution in [-0.2, 0) is 11.2 Å². The van der Waals surface area contributed by atoms with Crippen LogP contribution in [0.3, 0.4) is 0 Å². The Balaban J connectivity index is 2.16. The third kappa shape index (κ3) is 2.62. The first kappa shape index (κ1) is 12.0. The fraction of sp³-hybridized carbons (Fsp3) is 0.333. The largest absolute Gasteiger partial charge is 0.347 e. The van der Waals surface area contributed by atoms with Gasteiger partial charge in [0.05, 0.1) is 21.3 Å². The number of fused-ring (bicyclic) bond motifs is 1. The van der Waals surface area contributed by atoms with E-state index in [1.165, 1.54) is 4.90 Å². The maximum Gasteiger partial charge on any atom is 0.239 e. The average molecular weight is 249 g/mol. The van der Waals surface area contributed by atoms with E-state index in [2.05, 4.69) is 4.98 Å². The van der Waals surface area contributed by atoms with E-state index in [0.29, 0.717) is 6.42 Å². The number of amides is 1. The molecule has 5 heteroatoms. The molecule has 0 bridgehead atoms. The summed E-state index contributed by atoms with van der Waals surface area (Å²) in [6, 6.07) is 7.42. The Hall–Kier alpha value is -1.46. The predicted molar refractivity (Wildman–Crippen MR) is 70.0 cm³/mol. The van der Waals surface area contributed by atoms with Crippen LogP contribution in [0.1, 0.15) is 5.01 Å². The van der Waals surface area contributed by atoms with E-state index >= 15 is 0 Å². The molecule has 0 aliphatic rings. The summed E-state index contributed by atoms with van der Waals surface area (Å²) < 4.78 is 1.13. The molecule has 1 aromatic carbocycles. The van der Waals surface area contributed by atoms with Crippen LogP contribution in [-0.4, -0.2) is 35.9 Å². The molecular formula is C12H15N3OS. The number of carbonyl (C=O) groups is 1. The van der Waals surface area contributed by atoms with Crippen LogP contribution < -0.4 is 5.73 Å². The Morgan fingerprint density at radius 1 is 1.47 bits per heavy atom. The van der Waals surface area contributed by atoms with Gasteiger partial charge in [0.2, 0.25) is 5.91 Å². The summed E-state index contributed by atoms with van der Waals surface area (Å²) in [5, 5.41) is 0.911. The van der Waals surface area contributed by atoms with E-state index in [1.54, 1.807) is 25.4 Å². The molecule has 0 spiro atoms. The number of nitrogens with zero attached hydrogens (tertiary/aromatic N) is 2. The second kappa shape index (κ2) is 4.81. The number of thiazole rings is 1. The summed E-state index contributed by atoms with van der Waals surface area (Å²) in [6.45, 7) is 0. The zero-order valence-corrected chi connectivity index (χ0v) is 10.7. The summed E-state index contributed by atoms with van der Waals surface area (Å²) in [6.07, 6.45) is 0.496. The first-order chi connectivity index (χ1) is 8.08. The summed E-state index contributed by atoms with van der Waals surface area (Å²) in [5.74, 6) is -0.0655. The highest BCUT2D eigenvalue weighted by atomic mass is 32.1. The van der Waals surface area contributed by atoms with Crippen LogP contribution in [0.25, 0.3) is 10.2 Å². The molecule has 4 nitrogen and oxygen atoms in total. The molecule has 0 fully saturated rings. The average Bonchev–Trinajstić information content (AvgIpc) is 2.69. The number of nitrogens with two attached hydrogens (primary N) is 1. The number of likely N-dealkylation sites (N-methyl/N-ethyl adjacent to an activating group) is 1. The summed E-state index contributed by atoms with van der Waals surface area (Å²) >= 11 is 1.59. The number of rotatable bonds is 3. The van der Waals surface area contributed by atoms with Gasteiger partial charge in [0.25, 0.3) is 0 Å². The Labute approximate surface area is 104 Å². The smallest absolute Gasteiger partial charge is 0.239 e. The topological polar surface area (TPSA) is 59.2 Å². The van der Waals surface area contributed by atoms with Crippen LogP contribution in [0, 0.1) is 0 Å². The first-order valence-electron chi connectivity index (χ1n) is 5.39. The third-order valence-corrected chi connectivity index (χ3v) is 3.55. The monoisotopic (exact) mass is 249 g/mol. The molecule has 17 heavy (non-hydrogen) atoms. The van der Waals surface area contributed by atoms with Crippen LogP contribution in [0.15, 0.2) is 24.3 Å². The van der Waals surface area contributed by atoms with Crippen molar-refractivity contribution >= 4 is 27.5 Å². The summed E-state index contributed by atoms with van der Waals surface area (Å²) in [7, 11) is 3.42. The molecule has 1 unspecified atom stereocenters. The van der Waals surface area contributed by atoms with Crippen molar-refractivity contribution in [1.29, 1.82) is 0 Å². The molecule has 0 saturated carbocycles. The Morgan fingerprint density at radius 2 is 2.18 bits per heavy atom. The van der Waals surface area contributed by atoms with Crippen molar-refractivity contribution in [1.82, 2.24) is 9.88 Å². The minimum Gasteiger partial charge on any atom is -0.347 e. The van der Waals surface area contributed by atoms with Gasteiger partial charge in [-0.05, 0) is 12.1 Å². The molecule has 1 amide bonds. The number of para-hydroxylation sites is 1. The molecule has 2 N–H and O–H groups in total. The molecule has 90 valence electrons. The van der Waals surface area contributed by atoms with Gasteiger partial charge in [-0.3, -0.25) is 4.79 Å². The van der Waals surface area contributed by atoms with Crippen molar-refractivity contribution in [2.45, 2.75) is 12.5 Å². The third-order valence-electron chi connectivity index (χ3n) is 2.49. The van der Waals surface area contributed by atoms with Gasteiger partial charge in [-0.15, -0.1) is 11.3 Å². The fourth-order valence-corrected chi connectivity index (χ4v) is 2.64. The first-order valence-corrected chi connectivity index (χ1v) is 6.21. The summed E-state index contributed by atoms with van der Waals surface area (Å²) in [5.41, 5.74) is 6.82. The van der Waals surface area contributed by atoms with Gasteiger partial charge < -0.3 is 10.6 Å². The van der Waals surface area contributed by atoms with Crippen molar-refractivity contribution in [2.24, 2.45) is 5.73 Å². The van der Waals surface area contributed by atoms with Gasteiger partial charge >= 0.3 is 0 Å². The number of hydrogen-bond acceptors (Lipinski definition) is 4. The Bertz CT molecular complexity index is 502. The van der Waals surface area contributed by atoms with Gasteiger partial charge in [0.15, 0.2) is 0 Å². The lowest BCUT2D eigenvalue weighted by Gasteiger charge is -2.15. The van der Waals surface area contributed by atoms with Crippen LogP contribution in [0.5, 0.6) is 0 Å². The molecule has 0 radical (unpaired) electrons. The fourth-order valence-electron chi connectivity index (χ4n) is 1.61. The van der Waals surface area contributed by atoms with Gasteiger partial charge in [0, 0.05) is 20.5 Å². The van der Waals surface area contributed by atoms with Crippen molar-refractivity contribution in [3.63, 3.8) is 0 Å². The molecule has 0 aliphatic heterocycles. The Kier molecular flexibility index (Phi) is 3.40. The molecule has 2 rings (SSSR count). The maximum absolute atomic E-state index is 11.6. The van der Waals surface area contributed by atoms with E-state index in [4.69, 9.17) is 5.73 Å². The molecule has 1 heterocycles. The van der Waals surface area contributed by atoms with Crippen LogP contribution in [0.2, 0.25) is 0 Å². The van der Waals surface area contributed by atoms with E-state index < -0.39 is 6.04 Å².